The largest absolute Gasteiger partial charge is 0.416 e. The fraction of sp³-hybridized carbons (Fsp3) is 0.619. The summed E-state index contributed by atoms with van der Waals surface area (Å²) in [6.07, 6.45) is -3.24. The summed E-state index contributed by atoms with van der Waals surface area (Å²) in [5.41, 5.74) is 5.77. The second-order valence-electron chi connectivity index (χ2n) is 9.04. The molecule has 0 radical (unpaired) electrons. The number of hydrogen-bond acceptors (Lipinski definition) is 5. The van der Waals surface area contributed by atoms with Crippen LogP contribution in [-0.4, -0.2) is 35.6 Å². The molecule has 0 aromatic heterocycles. The number of carbonyl (C=O) groups excluding carboxylic acids is 2. The van der Waals surface area contributed by atoms with E-state index in [9.17, 15) is 22.8 Å². The molecule has 5 unspecified atom stereocenters. The van der Waals surface area contributed by atoms with Crippen molar-refractivity contribution in [2.75, 3.05) is 6.54 Å². The number of halogens is 3. The van der Waals surface area contributed by atoms with E-state index in [1.807, 2.05) is 18.9 Å². The van der Waals surface area contributed by atoms with Gasteiger partial charge in [0.2, 0.25) is 11.8 Å². The van der Waals surface area contributed by atoms with Gasteiger partial charge in [-0.3, -0.25) is 9.59 Å². The molecule has 1 aromatic carbocycles. The van der Waals surface area contributed by atoms with Crippen LogP contribution in [0.15, 0.2) is 24.3 Å². The van der Waals surface area contributed by atoms with Crippen molar-refractivity contribution in [3.63, 3.8) is 0 Å². The van der Waals surface area contributed by atoms with Gasteiger partial charge in [0.1, 0.15) is 6.17 Å². The van der Waals surface area contributed by atoms with E-state index in [-0.39, 0.29) is 29.7 Å². The van der Waals surface area contributed by atoms with E-state index >= 15 is 0 Å². The lowest BCUT2D eigenvalue weighted by molar-refractivity contribution is -0.143. The third kappa shape index (κ3) is 4.42. The SMILES string of the molecule is CC(C)CNC(=O)C1CCC2C(=O)NC3C(c4cccc(C(F)(F)F)c4)NNN3C2C1. The van der Waals surface area contributed by atoms with Crippen LogP contribution in [0.1, 0.15) is 50.3 Å². The topological polar surface area (TPSA) is 85.5 Å². The molecule has 3 aliphatic rings. The Balaban J connectivity index is 1.51. The van der Waals surface area contributed by atoms with Crippen molar-refractivity contribution in [3.05, 3.63) is 35.4 Å². The number of nitrogens with one attached hydrogen (secondary N) is 4. The van der Waals surface area contributed by atoms with E-state index in [0.29, 0.717) is 37.3 Å². The molecule has 4 rings (SSSR count). The molecule has 0 bridgehead atoms. The molecule has 2 amide bonds. The molecule has 0 spiro atoms. The van der Waals surface area contributed by atoms with Crippen LogP contribution in [0.5, 0.6) is 0 Å². The molecule has 2 heterocycles. The van der Waals surface area contributed by atoms with Crippen LogP contribution in [-0.2, 0) is 15.8 Å². The molecule has 4 N–H and O–H groups in total. The number of amides is 2. The van der Waals surface area contributed by atoms with E-state index in [2.05, 4.69) is 21.6 Å². The van der Waals surface area contributed by atoms with Gasteiger partial charge < -0.3 is 10.6 Å². The Hall–Kier alpha value is -2.17. The predicted molar refractivity (Wildman–Crippen MR) is 107 cm³/mol. The molecule has 1 aliphatic carbocycles. The molecule has 170 valence electrons. The third-order valence-electron chi connectivity index (χ3n) is 6.39. The highest BCUT2D eigenvalue weighted by Gasteiger charge is 2.51. The molecule has 31 heavy (non-hydrogen) atoms. The Kier molecular flexibility index (Phi) is 5.97. The highest BCUT2D eigenvalue weighted by atomic mass is 19.4. The fourth-order valence-corrected chi connectivity index (χ4v) is 4.77. The van der Waals surface area contributed by atoms with Gasteiger partial charge in [0.25, 0.3) is 0 Å². The highest BCUT2D eigenvalue weighted by molar-refractivity contribution is 5.83. The number of alkyl halides is 3. The molecule has 5 atom stereocenters. The first-order valence-corrected chi connectivity index (χ1v) is 10.7. The summed E-state index contributed by atoms with van der Waals surface area (Å²) in [5.74, 6) is -0.227. The average molecular weight is 439 g/mol. The summed E-state index contributed by atoms with van der Waals surface area (Å²) < 4.78 is 39.4. The Morgan fingerprint density at radius 3 is 2.77 bits per heavy atom. The lowest BCUT2D eigenvalue weighted by Gasteiger charge is -2.46. The maximum absolute atomic E-state index is 13.1. The second kappa shape index (κ2) is 8.40. The van der Waals surface area contributed by atoms with Crippen LogP contribution in [0.3, 0.4) is 0 Å². The first-order chi connectivity index (χ1) is 14.6. The first-order valence-electron chi connectivity index (χ1n) is 10.7. The normalized spacial score (nSPS) is 31.2. The first kappa shape index (κ1) is 22.0. The van der Waals surface area contributed by atoms with Gasteiger partial charge in [-0.15, -0.1) is 0 Å². The average Bonchev–Trinajstić information content (AvgIpc) is 3.15. The summed E-state index contributed by atoms with van der Waals surface area (Å²) >= 11 is 0. The van der Waals surface area contributed by atoms with E-state index in [0.717, 1.165) is 12.1 Å². The van der Waals surface area contributed by atoms with Crippen LogP contribution in [0.25, 0.3) is 0 Å². The Bertz CT molecular complexity index is 847. The van der Waals surface area contributed by atoms with Crippen molar-refractivity contribution >= 4 is 11.8 Å². The van der Waals surface area contributed by atoms with Crippen LogP contribution in [0.4, 0.5) is 13.2 Å². The molecule has 7 nitrogen and oxygen atoms in total. The van der Waals surface area contributed by atoms with Crippen LogP contribution < -0.4 is 21.6 Å². The van der Waals surface area contributed by atoms with E-state index in [1.165, 1.54) is 6.07 Å². The molecule has 1 saturated carbocycles. The van der Waals surface area contributed by atoms with Crippen LogP contribution in [0, 0.1) is 17.8 Å². The second-order valence-corrected chi connectivity index (χ2v) is 9.04. The zero-order valence-corrected chi connectivity index (χ0v) is 17.5. The van der Waals surface area contributed by atoms with Crippen molar-refractivity contribution in [1.82, 2.24) is 26.6 Å². The quantitative estimate of drug-likeness (QED) is 0.577. The zero-order chi connectivity index (χ0) is 22.3. The van der Waals surface area contributed by atoms with Gasteiger partial charge in [0, 0.05) is 18.5 Å². The smallest absolute Gasteiger partial charge is 0.356 e. The van der Waals surface area contributed by atoms with E-state index in [1.54, 1.807) is 6.07 Å². The van der Waals surface area contributed by atoms with Crippen molar-refractivity contribution in [2.24, 2.45) is 17.8 Å². The van der Waals surface area contributed by atoms with Crippen LogP contribution >= 0.6 is 0 Å². The lowest BCUT2D eigenvalue weighted by atomic mass is 9.75. The van der Waals surface area contributed by atoms with Gasteiger partial charge in [-0.1, -0.05) is 26.0 Å². The maximum atomic E-state index is 13.1. The number of nitrogens with zero attached hydrogens (tertiary/aromatic N) is 1. The number of rotatable bonds is 4. The molecule has 3 fully saturated rings. The molecular formula is C21H28F3N5O2. The molecular weight excluding hydrogens is 411 g/mol. The highest BCUT2D eigenvalue weighted by Crippen LogP contribution is 2.39. The van der Waals surface area contributed by atoms with Gasteiger partial charge in [-0.05, 0) is 42.9 Å². The van der Waals surface area contributed by atoms with Gasteiger partial charge in [0.15, 0.2) is 0 Å². The third-order valence-corrected chi connectivity index (χ3v) is 6.39. The summed E-state index contributed by atoms with van der Waals surface area (Å²) in [6, 6.07) is 4.34. The Morgan fingerprint density at radius 2 is 2.06 bits per heavy atom. The van der Waals surface area contributed by atoms with Crippen LogP contribution in [0.2, 0.25) is 0 Å². The molecule has 10 heteroatoms. The van der Waals surface area contributed by atoms with Gasteiger partial charge in [-0.2, -0.15) is 18.7 Å². The Labute approximate surface area is 179 Å². The monoisotopic (exact) mass is 439 g/mol. The summed E-state index contributed by atoms with van der Waals surface area (Å²) in [7, 11) is 0. The number of benzene rings is 1. The minimum Gasteiger partial charge on any atom is -0.356 e. The summed E-state index contributed by atoms with van der Waals surface area (Å²) in [4.78, 5) is 25.4. The predicted octanol–water partition coefficient (Wildman–Crippen LogP) is 2.08. The van der Waals surface area contributed by atoms with Crippen molar-refractivity contribution in [1.29, 1.82) is 0 Å². The lowest BCUT2D eigenvalue weighted by Crippen LogP contribution is -2.65. The van der Waals surface area contributed by atoms with E-state index < -0.39 is 23.9 Å². The minimum atomic E-state index is -4.44. The Morgan fingerprint density at radius 1 is 1.29 bits per heavy atom. The minimum absolute atomic E-state index is 0.00346. The molecule has 2 saturated heterocycles. The zero-order valence-electron chi connectivity index (χ0n) is 17.5. The summed E-state index contributed by atoms with van der Waals surface area (Å²) in [5, 5.41) is 7.78. The number of carbonyl (C=O) groups is 2. The number of hydrazine groups is 2. The molecule has 1 aromatic rings. The molecule has 2 aliphatic heterocycles. The maximum Gasteiger partial charge on any atom is 0.416 e. The van der Waals surface area contributed by atoms with Gasteiger partial charge in [0.05, 0.1) is 17.5 Å². The van der Waals surface area contributed by atoms with Gasteiger partial charge in [-0.25, -0.2) is 10.4 Å². The fourth-order valence-electron chi connectivity index (χ4n) is 4.77. The number of fused-ring (bicyclic) bond motifs is 3. The van der Waals surface area contributed by atoms with Crippen molar-refractivity contribution in [2.45, 2.75) is 57.5 Å². The standard InChI is InChI=1S/C21H28F3N5O2/c1-11(2)10-25-19(30)13-6-7-15-16(9-13)29-18(26-20(15)31)17(27-28-29)12-4-3-5-14(8-12)21(22,23)24/h3-5,8,11,13,15-18,27-28H,6-7,9-10H2,1-2H3,(H,25,30)(H,26,31). The number of hydrogen-bond donors (Lipinski definition) is 4. The van der Waals surface area contributed by atoms with Crippen molar-refractivity contribution in [3.8, 4) is 0 Å². The van der Waals surface area contributed by atoms with Crippen molar-refractivity contribution < 1.29 is 22.8 Å². The van der Waals surface area contributed by atoms with Gasteiger partial charge >= 0.3 is 6.18 Å². The van der Waals surface area contributed by atoms with E-state index in [4.69, 9.17) is 0 Å². The summed E-state index contributed by atoms with van der Waals surface area (Å²) in [6.45, 7) is 4.66.